The number of hydrogen-bond donors (Lipinski definition) is 1. The van der Waals surface area contributed by atoms with Gasteiger partial charge in [-0.15, -0.1) is 0 Å². The first kappa shape index (κ1) is 14.8. The SMILES string of the molecule is CC(CN)CS(=O)C1CCOC2(CCSCC2)C1. The lowest BCUT2D eigenvalue weighted by Gasteiger charge is -2.43. The highest BCUT2D eigenvalue weighted by Gasteiger charge is 2.40. The summed E-state index contributed by atoms with van der Waals surface area (Å²) >= 11 is 2.01. The van der Waals surface area contributed by atoms with E-state index >= 15 is 0 Å². The molecule has 0 aromatic carbocycles. The van der Waals surface area contributed by atoms with Crippen molar-refractivity contribution in [3.63, 3.8) is 0 Å². The van der Waals surface area contributed by atoms with Crippen LogP contribution in [0.1, 0.15) is 32.6 Å². The van der Waals surface area contributed by atoms with Gasteiger partial charge < -0.3 is 10.5 Å². The fourth-order valence-corrected chi connectivity index (χ4v) is 5.84. The molecule has 3 nitrogen and oxygen atoms in total. The summed E-state index contributed by atoms with van der Waals surface area (Å²) in [6, 6.07) is 0. The van der Waals surface area contributed by atoms with Crippen LogP contribution in [0.3, 0.4) is 0 Å². The molecule has 0 amide bonds. The molecule has 3 unspecified atom stereocenters. The van der Waals surface area contributed by atoms with Gasteiger partial charge in [0.15, 0.2) is 0 Å². The van der Waals surface area contributed by atoms with Gasteiger partial charge in [0.05, 0.1) is 5.60 Å². The van der Waals surface area contributed by atoms with Gasteiger partial charge >= 0.3 is 0 Å². The molecule has 2 heterocycles. The van der Waals surface area contributed by atoms with Crippen LogP contribution in [-0.4, -0.2) is 45.5 Å². The van der Waals surface area contributed by atoms with E-state index in [1.165, 1.54) is 11.5 Å². The van der Waals surface area contributed by atoms with Gasteiger partial charge in [0.1, 0.15) is 0 Å². The van der Waals surface area contributed by atoms with Crippen LogP contribution in [0.15, 0.2) is 0 Å². The zero-order chi connectivity index (χ0) is 13.0. The van der Waals surface area contributed by atoms with Gasteiger partial charge in [0.25, 0.3) is 0 Å². The molecule has 0 aromatic rings. The van der Waals surface area contributed by atoms with Gasteiger partial charge in [0.2, 0.25) is 0 Å². The summed E-state index contributed by atoms with van der Waals surface area (Å²) in [6.45, 7) is 3.51. The second kappa shape index (κ2) is 6.73. The quantitative estimate of drug-likeness (QED) is 0.858. The number of rotatable bonds is 4. The predicted molar refractivity (Wildman–Crippen MR) is 79.5 cm³/mol. The van der Waals surface area contributed by atoms with E-state index in [1.54, 1.807) is 0 Å². The van der Waals surface area contributed by atoms with Gasteiger partial charge in [-0.1, -0.05) is 6.92 Å². The summed E-state index contributed by atoms with van der Waals surface area (Å²) in [6.07, 6.45) is 4.23. The Bertz CT molecular complexity index is 287. The molecule has 2 fully saturated rings. The maximum atomic E-state index is 12.4. The molecule has 0 radical (unpaired) electrons. The summed E-state index contributed by atoms with van der Waals surface area (Å²) in [7, 11) is -0.731. The third-order valence-electron chi connectivity index (χ3n) is 4.07. The second-order valence-corrected chi connectivity index (χ2v) is 8.63. The lowest BCUT2D eigenvalue weighted by molar-refractivity contribution is -0.0809. The molecular weight excluding hydrogens is 266 g/mol. The van der Waals surface area contributed by atoms with E-state index in [-0.39, 0.29) is 5.60 Å². The second-order valence-electron chi connectivity index (χ2n) is 5.65. The minimum atomic E-state index is -0.731. The van der Waals surface area contributed by atoms with Crippen LogP contribution >= 0.6 is 11.8 Å². The standard InChI is InChI=1S/C13H25NO2S2/c1-11(9-14)10-18(15)12-2-5-16-13(8-12)3-6-17-7-4-13/h11-12H,2-10,14H2,1H3. The Morgan fingerprint density at radius 3 is 2.89 bits per heavy atom. The minimum Gasteiger partial charge on any atom is -0.375 e. The first-order valence-corrected chi connectivity index (χ1v) is 9.48. The van der Waals surface area contributed by atoms with E-state index in [0.29, 0.717) is 17.7 Å². The molecule has 2 aliphatic heterocycles. The molecule has 106 valence electrons. The van der Waals surface area contributed by atoms with E-state index in [1.807, 2.05) is 11.8 Å². The van der Waals surface area contributed by atoms with Crippen molar-refractivity contribution in [3.8, 4) is 0 Å². The Morgan fingerprint density at radius 2 is 2.22 bits per heavy atom. The summed E-state index contributed by atoms with van der Waals surface area (Å²) in [5, 5.41) is 0.329. The molecule has 2 aliphatic rings. The van der Waals surface area contributed by atoms with Crippen molar-refractivity contribution in [2.45, 2.75) is 43.5 Å². The van der Waals surface area contributed by atoms with Gasteiger partial charge in [0, 0.05) is 28.4 Å². The molecular formula is C13H25NO2S2. The lowest BCUT2D eigenvalue weighted by atomic mass is 9.88. The average molecular weight is 291 g/mol. The van der Waals surface area contributed by atoms with Gasteiger partial charge in [-0.25, -0.2) is 0 Å². The van der Waals surface area contributed by atoms with Crippen molar-refractivity contribution in [1.29, 1.82) is 0 Å². The molecule has 2 saturated heterocycles. The van der Waals surface area contributed by atoms with Crippen molar-refractivity contribution in [2.24, 2.45) is 11.7 Å². The van der Waals surface area contributed by atoms with Crippen LogP contribution in [0.5, 0.6) is 0 Å². The zero-order valence-electron chi connectivity index (χ0n) is 11.2. The van der Waals surface area contributed by atoms with Gasteiger partial charge in [-0.3, -0.25) is 4.21 Å². The van der Waals surface area contributed by atoms with Crippen LogP contribution in [0.25, 0.3) is 0 Å². The molecule has 3 atom stereocenters. The summed E-state index contributed by atoms with van der Waals surface area (Å²) in [4.78, 5) is 0. The fourth-order valence-electron chi connectivity index (χ4n) is 2.78. The number of ether oxygens (including phenoxy) is 1. The van der Waals surface area contributed by atoms with E-state index in [4.69, 9.17) is 10.5 Å². The first-order chi connectivity index (χ1) is 8.65. The topological polar surface area (TPSA) is 52.3 Å². The molecule has 0 saturated carbocycles. The third kappa shape index (κ3) is 3.71. The molecule has 0 aromatic heterocycles. The van der Waals surface area contributed by atoms with Gasteiger partial charge in [-0.2, -0.15) is 11.8 Å². The maximum absolute atomic E-state index is 12.4. The highest BCUT2D eigenvalue weighted by molar-refractivity contribution is 7.99. The molecule has 5 heteroatoms. The largest absolute Gasteiger partial charge is 0.375 e. The van der Waals surface area contributed by atoms with E-state index < -0.39 is 10.8 Å². The average Bonchev–Trinajstić information content (AvgIpc) is 2.39. The smallest absolute Gasteiger partial charge is 0.0709 e. The van der Waals surface area contributed by atoms with Crippen molar-refractivity contribution >= 4 is 22.6 Å². The van der Waals surface area contributed by atoms with E-state index in [9.17, 15) is 4.21 Å². The van der Waals surface area contributed by atoms with Crippen LogP contribution in [0, 0.1) is 5.92 Å². The molecule has 0 aliphatic carbocycles. The minimum absolute atomic E-state index is 0.0514. The molecule has 2 N–H and O–H groups in total. The molecule has 1 spiro atoms. The van der Waals surface area contributed by atoms with Crippen molar-refractivity contribution in [1.82, 2.24) is 0 Å². The number of hydrogen-bond acceptors (Lipinski definition) is 4. The zero-order valence-corrected chi connectivity index (χ0v) is 12.9. The summed E-state index contributed by atoms with van der Waals surface area (Å²) in [5.74, 6) is 3.51. The highest BCUT2D eigenvalue weighted by Crippen LogP contribution is 2.38. The Morgan fingerprint density at radius 1 is 1.50 bits per heavy atom. The van der Waals surface area contributed by atoms with Crippen LogP contribution in [0.2, 0.25) is 0 Å². The molecule has 0 bridgehead atoms. The summed E-state index contributed by atoms with van der Waals surface area (Å²) < 4.78 is 18.4. The molecule has 2 rings (SSSR count). The highest BCUT2D eigenvalue weighted by atomic mass is 32.2. The first-order valence-electron chi connectivity index (χ1n) is 6.94. The van der Waals surface area contributed by atoms with Crippen molar-refractivity contribution < 1.29 is 8.95 Å². The van der Waals surface area contributed by atoms with E-state index in [2.05, 4.69) is 6.92 Å². The Balaban J connectivity index is 1.91. The predicted octanol–water partition coefficient (Wildman–Crippen LogP) is 1.77. The number of nitrogens with two attached hydrogens (primary N) is 1. The normalized spacial score (nSPS) is 31.1. The monoisotopic (exact) mass is 291 g/mol. The maximum Gasteiger partial charge on any atom is 0.0709 e. The van der Waals surface area contributed by atoms with Crippen LogP contribution in [-0.2, 0) is 15.5 Å². The fraction of sp³-hybridized carbons (Fsp3) is 1.00. The van der Waals surface area contributed by atoms with Crippen molar-refractivity contribution in [2.75, 3.05) is 30.4 Å². The van der Waals surface area contributed by atoms with E-state index in [0.717, 1.165) is 38.0 Å². The van der Waals surface area contributed by atoms with Crippen LogP contribution < -0.4 is 5.73 Å². The Hall–Kier alpha value is 0.420. The Labute approximate surface area is 117 Å². The Kier molecular flexibility index (Phi) is 5.54. The summed E-state index contributed by atoms with van der Waals surface area (Å²) in [5.41, 5.74) is 5.68. The number of thioether (sulfide) groups is 1. The molecule has 18 heavy (non-hydrogen) atoms. The van der Waals surface area contributed by atoms with Gasteiger partial charge in [-0.05, 0) is 49.7 Å². The lowest BCUT2D eigenvalue weighted by Crippen LogP contribution is -2.46. The van der Waals surface area contributed by atoms with Crippen LogP contribution in [0.4, 0.5) is 0 Å². The van der Waals surface area contributed by atoms with Crippen molar-refractivity contribution in [3.05, 3.63) is 0 Å². The third-order valence-corrected chi connectivity index (χ3v) is 7.10.